The normalized spacial score (nSPS) is 15.6. The van der Waals surface area contributed by atoms with Crippen LogP contribution in [0.4, 0.5) is 5.69 Å². The highest BCUT2D eigenvalue weighted by atomic mass is 32.1. The number of carboxylic acids is 1. The number of hydrogen-bond donors (Lipinski definition) is 1. The molecule has 0 unspecified atom stereocenters. The number of nitriles is 1. The summed E-state index contributed by atoms with van der Waals surface area (Å²) in [5, 5.41) is 20.5. The Balaban J connectivity index is 1.35. The SMILES string of the molecule is CCCCCCc1cc(-c2sc(-c3sc(-c4cc5cc6c7c(c5oc4=O)CC(C)(C)CN7CCC6(C)C)cc3CCCCCC)cc2CCCCCC)sc1/C=C(\C#N)C(=O)O. The number of unbranched alkanes of at least 4 members (excludes halogenated alkanes) is 9. The van der Waals surface area contributed by atoms with Crippen molar-refractivity contribution in [2.75, 3.05) is 18.0 Å². The molecular weight excluding hydrogens is 825 g/mol. The smallest absolute Gasteiger partial charge is 0.346 e. The fraction of sp³-hybridized carbons (Fsp3) is 0.528. The molecule has 2 aliphatic heterocycles. The number of anilines is 1. The van der Waals surface area contributed by atoms with Crippen molar-refractivity contribution in [2.24, 2.45) is 5.41 Å². The first-order valence-electron chi connectivity index (χ1n) is 23.4. The molecule has 6 heterocycles. The topological polar surface area (TPSA) is 94.5 Å². The van der Waals surface area contributed by atoms with Crippen LogP contribution in [0.2, 0.25) is 0 Å². The third-order valence-corrected chi connectivity index (χ3v) is 17.0. The molecule has 7 rings (SSSR count). The molecule has 5 aromatic rings. The van der Waals surface area contributed by atoms with Gasteiger partial charge in [0.2, 0.25) is 0 Å². The van der Waals surface area contributed by atoms with Crippen molar-refractivity contribution >= 4 is 62.7 Å². The number of hydrogen-bond acceptors (Lipinski definition) is 8. The maximum absolute atomic E-state index is 14.3. The van der Waals surface area contributed by atoms with Crippen LogP contribution < -0.4 is 10.5 Å². The highest BCUT2D eigenvalue weighted by Gasteiger charge is 2.41. The van der Waals surface area contributed by atoms with Gasteiger partial charge in [-0.2, -0.15) is 5.26 Å². The van der Waals surface area contributed by atoms with E-state index in [2.05, 4.69) is 83.7 Å². The zero-order chi connectivity index (χ0) is 44.2. The van der Waals surface area contributed by atoms with E-state index in [9.17, 15) is 20.0 Å². The maximum atomic E-state index is 14.3. The Morgan fingerprint density at radius 2 is 1.35 bits per heavy atom. The number of aliphatic carboxylic acids is 1. The van der Waals surface area contributed by atoms with Crippen LogP contribution in [0.15, 0.2) is 45.1 Å². The highest BCUT2D eigenvalue weighted by molar-refractivity contribution is 7.27. The molecule has 0 aliphatic carbocycles. The van der Waals surface area contributed by atoms with Crippen LogP contribution >= 0.6 is 34.0 Å². The average molecular weight is 891 g/mol. The van der Waals surface area contributed by atoms with Crippen LogP contribution in [0.1, 0.15) is 165 Å². The molecule has 2 aliphatic rings. The molecule has 330 valence electrons. The second kappa shape index (κ2) is 19.8. The third kappa shape index (κ3) is 10.0. The fourth-order valence-electron chi connectivity index (χ4n) is 9.67. The highest BCUT2D eigenvalue weighted by Crippen LogP contribution is 2.51. The van der Waals surface area contributed by atoms with Crippen molar-refractivity contribution in [3.63, 3.8) is 0 Å². The lowest BCUT2D eigenvalue weighted by molar-refractivity contribution is -0.132. The first kappa shape index (κ1) is 46.0. The van der Waals surface area contributed by atoms with Crippen molar-refractivity contribution in [1.82, 2.24) is 0 Å². The number of aryl methyl sites for hydroxylation is 3. The van der Waals surface area contributed by atoms with Gasteiger partial charge < -0.3 is 14.4 Å². The Hall–Kier alpha value is -3.97. The molecule has 0 saturated heterocycles. The van der Waals surface area contributed by atoms with Crippen LogP contribution in [0, 0.1) is 16.7 Å². The number of carbonyl (C=O) groups is 1. The largest absolute Gasteiger partial charge is 0.477 e. The molecule has 0 atom stereocenters. The van der Waals surface area contributed by atoms with Crippen molar-refractivity contribution < 1.29 is 14.3 Å². The molecule has 0 spiro atoms. The van der Waals surface area contributed by atoms with E-state index in [1.807, 2.05) is 17.4 Å². The van der Waals surface area contributed by atoms with Crippen LogP contribution in [0.25, 0.3) is 47.0 Å². The second-order valence-electron chi connectivity index (χ2n) is 19.4. The zero-order valence-electron chi connectivity index (χ0n) is 38.2. The maximum Gasteiger partial charge on any atom is 0.346 e. The second-order valence-corrected chi connectivity index (χ2v) is 22.5. The van der Waals surface area contributed by atoms with Gasteiger partial charge in [-0.15, -0.1) is 34.0 Å². The van der Waals surface area contributed by atoms with E-state index < -0.39 is 5.97 Å². The standard InChI is InChI=1S/C53H66N2O4S3/c1-8-11-14-17-20-34-27-44(60-42(34)30-38(32-54)50(56)57)48-36(22-19-16-13-10-3)29-45(62-48)49-35(21-18-15-12-9-2)28-43(61-49)39-25-37-26-41-46-40(47(37)59-51(39)58)31-52(4,5)33-55(46)24-23-53(41,6)7/h25-30H,8-24,31,33H2,1-7H3,(H,56,57)/b38-30+. The number of carboxylic acid groups (broad SMARTS) is 1. The predicted molar refractivity (Wildman–Crippen MR) is 265 cm³/mol. The summed E-state index contributed by atoms with van der Waals surface area (Å²) in [5.41, 5.74) is 8.58. The van der Waals surface area contributed by atoms with Gasteiger partial charge in [-0.25, -0.2) is 9.59 Å². The molecule has 0 bridgehead atoms. The minimum absolute atomic E-state index is 0.0309. The quantitative estimate of drug-likeness (QED) is 0.0362. The van der Waals surface area contributed by atoms with Gasteiger partial charge in [0.15, 0.2) is 0 Å². The summed E-state index contributed by atoms with van der Waals surface area (Å²) in [4.78, 5) is 35.5. The van der Waals surface area contributed by atoms with E-state index >= 15 is 0 Å². The molecule has 1 N–H and O–H groups in total. The van der Waals surface area contributed by atoms with E-state index in [0.717, 1.165) is 108 Å². The Bertz CT molecular complexity index is 2540. The van der Waals surface area contributed by atoms with Crippen molar-refractivity contribution in [3.8, 4) is 36.0 Å². The van der Waals surface area contributed by atoms with Crippen LogP contribution in [0.5, 0.6) is 0 Å². The van der Waals surface area contributed by atoms with Crippen LogP contribution in [0.3, 0.4) is 0 Å². The number of rotatable bonds is 20. The molecule has 1 aromatic carbocycles. The van der Waals surface area contributed by atoms with Crippen molar-refractivity contribution in [1.29, 1.82) is 5.26 Å². The van der Waals surface area contributed by atoms with Gasteiger partial charge in [-0.05, 0) is 121 Å². The van der Waals surface area contributed by atoms with E-state index in [0.29, 0.717) is 5.56 Å². The Morgan fingerprint density at radius 3 is 1.95 bits per heavy atom. The average Bonchev–Trinajstić information content (AvgIpc) is 3.96. The van der Waals surface area contributed by atoms with E-state index in [4.69, 9.17) is 4.42 Å². The van der Waals surface area contributed by atoms with Crippen molar-refractivity contribution in [2.45, 2.75) is 163 Å². The van der Waals surface area contributed by atoms with Gasteiger partial charge in [0.1, 0.15) is 17.2 Å². The first-order chi connectivity index (χ1) is 29.8. The lowest BCUT2D eigenvalue weighted by Crippen LogP contribution is -2.46. The molecule has 0 amide bonds. The monoisotopic (exact) mass is 890 g/mol. The molecule has 4 aromatic heterocycles. The molecule has 62 heavy (non-hydrogen) atoms. The van der Waals surface area contributed by atoms with Crippen LogP contribution in [-0.4, -0.2) is 24.2 Å². The van der Waals surface area contributed by atoms with Gasteiger partial charge in [-0.1, -0.05) is 106 Å². The summed E-state index contributed by atoms with van der Waals surface area (Å²) >= 11 is 5.17. The minimum atomic E-state index is -1.19. The van der Waals surface area contributed by atoms with Crippen LogP contribution in [-0.2, 0) is 35.9 Å². The first-order valence-corrected chi connectivity index (χ1v) is 25.9. The number of fused-ring (bicyclic) bond motifs is 2. The summed E-state index contributed by atoms with van der Waals surface area (Å²) in [5.74, 6) is -1.19. The molecular formula is C53H66N2O4S3. The van der Waals surface area contributed by atoms with E-state index in [1.165, 1.54) is 87.5 Å². The molecule has 9 heteroatoms. The van der Waals surface area contributed by atoms with Gasteiger partial charge in [0.25, 0.3) is 0 Å². The summed E-state index contributed by atoms with van der Waals surface area (Å²) in [6.07, 6.45) is 20.1. The van der Waals surface area contributed by atoms with Gasteiger partial charge >= 0.3 is 11.6 Å². The Kier molecular flexibility index (Phi) is 14.7. The summed E-state index contributed by atoms with van der Waals surface area (Å²) in [6.45, 7) is 18.1. The van der Waals surface area contributed by atoms with Gasteiger partial charge in [0.05, 0.1) is 5.56 Å². The lowest BCUT2D eigenvalue weighted by atomic mass is 9.71. The number of benzene rings is 1. The third-order valence-electron chi connectivity index (χ3n) is 13.1. The number of thiophene rings is 3. The lowest BCUT2D eigenvalue weighted by Gasteiger charge is -2.48. The summed E-state index contributed by atoms with van der Waals surface area (Å²) < 4.78 is 6.46. The summed E-state index contributed by atoms with van der Waals surface area (Å²) in [7, 11) is 0. The van der Waals surface area contributed by atoms with Gasteiger partial charge in [-0.3, -0.25) is 0 Å². The molecule has 0 fully saturated rings. The molecule has 0 saturated carbocycles. The molecule has 6 nitrogen and oxygen atoms in total. The van der Waals surface area contributed by atoms with Crippen molar-refractivity contribution in [3.05, 3.63) is 79.0 Å². The van der Waals surface area contributed by atoms with Gasteiger partial charge in [0, 0.05) is 59.0 Å². The Labute approximate surface area is 381 Å². The fourth-order valence-corrected chi connectivity index (χ4v) is 13.5. The number of nitrogens with zero attached hydrogens (tertiary/aromatic N) is 2. The Morgan fingerprint density at radius 1 is 0.790 bits per heavy atom. The summed E-state index contributed by atoms with van der Waals surface area (Å²) in [6, 6.07) is 13.3. The zero-order valence-corrected chi connectivity index (χ0v) is 40.6. The predicted octanol–water partition coefficient (Wildman–Crippen LogP) is 15.4. The minimum Gasteiger partial charge on any atom is -0.477 e. The van der Waals surface area contributed by atoms with E-state index in [1.54, 1.807) is 28.7 Å². The molecule has 0 radical (unpaired) electrons. The van der Waals surface area contributed by atoms with E-state index in [-0.39, 0.29) is 22.0 Å².